The number of nitrogens with zero attached hydrogens (tertiary/aromatic N) is 1. The van der Waals surface area contributed by atoms with Crippen LogP contribution in [0.15, 0.2) is 24.3 Å². The Hall–Kier alpha value is -0.754. The average molecular weight is 544 g/mol. The molecule has 2 aromatic rings. The van der Waals surface area contributed by atoms with Crippen LogP contribution >= 0.6 is 11.6 Å². The molecule has 4 nitrogen and oxygen atoms in total. The van der Waals surface area contributed by atoms with Crippen LogP contribution in [0, 0.1) is 17.6 Å². The Morgan fingerprint density at radius 1 is 1.09 bits per heavy atom. The van der Waals surface area contributed by atoms with Crippen molar-refractivity contribution in [3.63, 3.8) is 0 Å². The van der Waals surface area contributed by atoms with Gasteiger partial charge in [0.25, 0.3) is 0 Å². The van der Waals surface area contributed by atoms with Gasteiger partial charge in [0.1, 0.15) is 17.4 Å². The van der Waals surface area contributed by atoms with E-state index < -0.39 is 34.4 Å². The van der Waals surface area contributed by atoms with Crippen LogP contribution in [0.5, 0.6) is 5.75 Å². The van der Waals surface area contributed by atoms with Crippen LogP contribution < -0.4 is 4.74 Å². The Bertz CT molecular complexity index is 1090. The molecule has 1 saturated heterocycles. The van der Waals surface area contributed by atoms with Crippen molar-refractivity contribution < 1.29 is 36.6 Å². The summed E-state index contributed by atoms with van der Waals surface area (Å²) in [6, 6.07) is 3.87. The maximum atomic E-state index is 14.3. The number of halogens is 6. The van der Waals surface area contributed by atoms with Gasteiger partial charge in [-0.25, -0.2) is 13.6 Å². The molecule has 0 unspecified atom stereocenters. The molecular formula is C24H24ClF5KNO3. The second-order valence-corrected chi connectivity index (χ2v) is 9.32. The molecule has 0 aromatic heterocycles. The van der Waals surface area contributed by atoms with Crippen molar-refractivity contribution in [1.82, 2.24) is 4.90 Å². The van der Waals surface area contributed by atoms with Crippen LogP contribution in [0.2, 0.25) is 5.02 Å². The summed E-state index contributed by atoms with van der Waals surface area (Å²) < 4.78 is 73.5. The quantitative estimate of drug-likeness (QED) is 0.351. The SMILES string of the molecule is O=C(O)c1cc(C2CC2)c(OCC2CCN(Cc3cc(C(F)(F)F)cc(Cl)c3F)CC2)cc1F.[KH]. The standard InChI is InChI=1S/C24H23ClF5NO3.K.H/c25-19-8-16(24(28,29)30)7-15(22(19)27)11-31-5-3-13(4-6-31)12-34-21-10-20(26)18(23(32)33)9-17(21)14-1-2-14;;/h7-10,13-14H,1-6,11-12H2,(H,32,33);;. The van der Waals surface area contributed by atoms with Crippen LogP contribution in [0.1, 0.15) is 58.6 Å². The van der Waals surface area contributed by atoms with E-state index in [2.05, 4.69) is 0 Å². The molecule has 11 heteroatoms. The Morgan fingerprint density at radius 3 is 2.31 bits per heavy atom. The van der Waals surface area contributed by atoms with Crippen LogP contribution in [0.25, 0.3) is 0 Å². The van der Waals surface area contributed by atoms with Crippen LogP contribution in [0.4, 0.5) is 22.0 Å². The predicted molar refractivity (Wildman–Crippen MR) is 122 cm³/mol. The van der Waals surface area contributed by atoms with Crippen LogP contribution in [-0.4, -0.2) is 87.1 Å². The molecule has 2 aromatic carbocycles. The van der Waals surface area contributed by atoms with Gasteiger partial charge in [-0.1, -0.05) is 11.6 Å². The zero-order valence-electron chi connectivity index (χ0n) is 18.1. The van der Waals surface area contributed by atoms with Crippen molar-refractivity contribution in [3.05, 3.63) is 63.2 Å². The third-order valence-corrected chi connectivity index (χ3v) is 6.63. The molecule has 0 spiro atoms. The van der Waals surface area contributed by atoms with E-state index in [0.717, 1.165) is 25.0 Å². The van der Waals surface area contributed by atoms with Crippen LogP contribution in [0.3, 0.4) is 0 Å². The monoisotopic (exact) mass is 543 g/mol. The topological polar surface area (TPSA) is 49.8 Å². The molecule has 2 fully saturated rings. The summed E-state index contributed by atoms with van der Waals surface area (Å²) >= 11 is 5.67. The van der Waals surface area contributed by atoms with Gasteiger partial charge in [-0.3, -0.25) is 4.90 Å². The minimum absolute atomic E-state index is 0. The number of carboxylic acid groups (broad SMARTS) is 1. The normalized spacial score (nSPS) is 17.2. The molecule has 2 aliphatic rings. The first-order chi connectivity index (χ1) is 16.0. The van der Waals surface area contributed by atoms with Crippen molar-refractivity contribution in [3.8, 4) is 5.75 Å². The fourth-order valence-corrected chi connectivity index (χ4v) is 4.50. The fraction of sp³-hybridized carbons (Fsp3) is 0.458. The summed E-state index contributed by atoms with van der Waals surface area (Å²) in [5.74, 6) is -2.36. The second kappa shape index (κ2) is 11.7. The van der Waals surface area contributed by atoms with Crippen LogP contribution in [-0.2, 0) is 12.7 Å². The predicted octanol–water partition coefficient (Wildman–Crippen LogP) is 5.86. The maximum absolute atomic E-state index is 14.3. The summed E-state index contributed by atoms with van der Waals surface area (Å²) in [5.41, 5.74) is -0.750. The van der Waals surface area contributed by atoms with Crippen molar-refractivity contribution in [2.75, 3.05) is 19.7 Å². The molecule has 0 atom stereocenters. The van der Waals surface area contributed by atoms with Gasteiger partial charge in [-0.05, 0) is 74.4 Å². The first kappa shape index (κ1) is 28.8. The molecule has 186 valence electrons. The molecule has 1 aliphatic carbocycles. The number of alkyl halides is 3. The molecule has 1 saturated carbocycles. The van der Waals surface area contributed by atoms with Gasteiger partial charge in [0.05, 0.1) is 22.8 Å². The van der Waals surface area contributed by atoms with E-state index in [-0.39, 0.29) is 80.9 Å². The molecule has 0 amide bonds. The van der Waals surface area contributed by atoms with Gasteiger partial charge in [0.15, 0.2) is 0 Å². The van der Waals surface area contributed by atoms with Crippen molar-refractivity contribution in [2.45, 2.75) is 44.3 Å². The number of carbonyl (C=O) groups is 1. The summed E-state index contributed by atoms with van der Waals surface area (Å²) in [4.78, 5) is 13.1. The van der Waals surface area contributed by atoms with Gasteiger partial charge in [0, 0.05) is 18.2 Å². The van der Waals surface area contributed by atoms with E-state index in [1.165, 1.54) is 6.07 Å². The minimum atomic E-state index is -4.61. The Morgan fingerprint density at radius 2 is 1.74 bits per heavy atom. The number of carboxylic acids is 1. The Kier molecular flexibility index (Phi) is 9.67. The summed E-state index contributed by atoms with van der Waals surface area (Å²) in [6.07, 6.45) is -1.48. The number of piperidine rings is 1. The third kappa shape index (κ3) is 7.18. The van der Waals surface area contributed by atoms with Gasteiger partial charge >= 0.3 is 63.5 Å². The van der Waals surface area contributed by atoms with Gasteiger partial charge in [0.2, 0.25) is 0 Å². The number of aromatic carboxylic acids is 1. The fourth-order valence-electron chi connectivity index (χ4n) is 4.26. The van der Waals surface area contributed by atoms with Gasteiger partial charge < -0.3 is 9.84 Å². The number of benzene rings is 2. The zero-order valence-corrected chi connectivity index (χ0v) is 18.9. The Labute approximate surface area is 247 Å². The Balaban J connectivity index is 0.00000342. The number of likely N-dealkylation sites (tertiary alicyclic amines) is 1. The molecular weight excluding hydrogens is 520 g/mol. The van der Waals surface area contributed by atoms with E-state index in [9.17, 15) is 26.7 Å². The van der Waals surface area contributed by atoms with E-state index in [1.807, 2.05) is 4.90 Å². The number of hydrogen-bond donors (Lipinski definition) is 1. The molecule has 1 aliphatic heterocycles. The summed E-state index contributed by atoms with van der Waals surface area (Å²) in [7, 11) is 0. The molecule has 35 heavy (non-hydrogen) atoms. The van der Waals surface area contributed by atoms with Gasteiger partial charge in [-0.15, -0.1) is 0 Å². The van der Waals surface area contributed by atoms with E-state index in [1.54, 1.807) is 0 Å². The molecule has 0 radical (unpaired) electrons. The van der Waals surface area contributed by atoms with Crippen molar-refractivity contribution in [1.29, 1.82) is 0 Å². The van der Waals surface area contributed by atoms with E-state index in [4.69, 9.17) is 21.4 Å². The summed E-state index contributed by atoms with van der Waals surface area (Å²) in [6.45, 7) is 1.38. The number of rotatable bonds is 7. The summed E-state index contributed by atoms with van der Waals surface area (Å²) in [5, 5.41) is 8.61. The van der Waals surface area contributed by atoms with E-state index >= 15 is 0 Å². The first-order valence-electron chi connectivity index (χ1n) is 11.0. The first-order valence-corrected chi connectivity index (χ1v) is 11.4. The average Bonchev–Trinajstić information content (AvgIpc) is 3.60. The third-order valence-electron chi connectivity index (χ3n) is 6.35. The second-order valence-electron chi connectivity index (χ2n) is 8.91. The van der Waals surface area contributed by atoms with Gasteiger partial charge in [-0.2, -0.15) is 13.2 Å². The molecule has 0 bridgehead atoms. The molecule has 4 rings (SSSR count). The van der Waals surface area contributed by atoms with Crippen molar-refractivity contribution >= 4 is 69.0 Å². The zero-order chi connectivity index (χ0) is 24.6. The van der Waals surface area contributed by atoms with E-state index in [0.29, 0.717) is 49.9 Å². The molecule has 1 N–H and O–H groups in total. The number of hydrogen-bond acceptors (Lipinski definition) is 3. The van der Waals surface area contributed by atoms with Crippen molar-refractivity contribution in [2.24, 2.45) is 5.92 Å². The molecule has 1 heterocycles. The number of ether oxygens (including phenoxy) is 1.